The molecule has 0 saturated carbocycles. The number of rotatable bonds is 5. The first-order valence-corrected chi connectivity index (χ1v) is 7.01. The second kappa shape index (κ2) is 5.32. The summed E-state index contributed by atoms with van der Waals surface area (Å²) in [6, 6.07) is 7.20. The Hall–Kier alpha value is -1.07. The van der Waals surface area contributed by atoms with Crippen LogP contribution in [0, 0.1) is 0 Å². The highest BCUT2D eigenvalue weighted by Gasteiger charge is 2.15. The highest BCUT2D eigenvalue weighted by Crippen LogP contribution is 2.19. The van der Waals surface area contributed by atoms with Gasteiger partial charge in [-0.3, -0.25) is 0 Å². The summed E-state index contributed by atoms with van der Waals surface area (Å²) < 4.78 is 27.6. The van der Waals surface area contributed by atoms with Crippen LogP contribution in [0.2, 0.25) is 0 Å². The molecule has 90 valence electrons. The van der Waals surface area contributed by atoms with Crippen molar-refractivity contribution in [1.82, 2.24) is 5.32 Å². The lowest BCUT2D eigenvalue weighted by molar-refractivity contribution is 0.413. The first kappa shape index (κ1) is 13.0. The molecule has 16 heavy (non-hydrogen) atoms. The SMILES string of the molecule is CNC(CS(C)(=O)=O)c1cccc(OC)c1. The molecule has 5 heteroatoms. The molecule has 0 bridgehead atoms. The van der Waals surface area contributed by atoms with Gasteiger partial charge in [0.25, 0.3) is 0 Å². The van der Waals surface area contributed by atoms with Crippen molar-refractivity contribution in [1.29, 1.82) is 0 Å². The molecular formula is C11H17NO3S. The number of hydrogen-bond donors (Lipinski definition) is 1. The Morgan fingerprint density at radius 1 is 1.44 bits per heavy atom. The summed E-state index contributed by atoms with van der Waals surface area (Å²) in [7, 11) is 0.326. The van der Waals surface area contributed by atoms with Crippen LogP contribution in [0.5, 0.6) is 5.75 Å². The Kier molecular flexibility index (Phi) is 4.32. The lowest BCUT2D eigenvalue weighted by atomic mass is 10.1. The molecule has 1 atom stereocenters. The lowest BCUT2D eigenvalue weighted by Gasteiger charge is -2.16. The average Bonchev–Trinajstić information content (AvgIpc) is 2.25. The van der Waals surface area contributed by atoms with Gasteiger partial charge in [-0.15, -0.1) is 0 Å². The molecule has 1 N–H and O–H groups in total. The highest BCUT2D eigenvalue weighted by atomic mass is 32.2. The fourth-order valence-electron chi connectivity index (χ4n) is 1.51. The highest BCUT2D eigenvalue weighted by molar-refractivity contribution is 7.90. The fraction of sp³-hybridized carbons (Fsp3) is 0.455. The van der Waals surface area contributed by atoms with E-state index in [1.807, 2.05) is 24.3 Å². The van der Waals surface area contributed by atoms with E-state index >= 15 is 0 Å². The van der Waals surface area contributed by atoms with E-state index in [0.717, 1.165) is 11.3 Å². The zero-order valence-corrected chi connectivity index (χ0v) is 10.5. The van der Waals surface area contributed by atoms with Gasteiger partial charge in [0.05, 0.1) is 12.9 Å². The monoisotopic (exact) mass is 243 g/mol. The van der Waals surface area contributed by atoms with Crippen molar-refractivity contribution < 1.29 is 13.2 Å². The van der Waals surface area contributed by atoms with Gasteiger partial charge < -0.3 is 10.1 Å². The molecule has 0 aliphatic carbocycles. The Bertz CT molecular complexity index is 442. The first-order valence-electron chi connectivity index (χ1n) is 4.95. The number of benzene rings is 1. The topological polar surface area (TPSA) is 55.4 Å². The van der Waals surface area contributed by atoms with Crippen LogP contribution >= 0.6 is 0 Å². The molecule has 1 aromatic carbocycles. The van der Waals surface area contributed by atoms with Crippen molar-refractivity contribution in [2.45, 2.75) is 6.04 Å². The average molecular weight is 243 g/mol. The van der Waals surface area contributed by atoms with Crippen molar-refractivity contribution in [3.8, 4) is 5.75 Å². The van der Waals surface area contributed by atoms with Gasteiger partial charge in [-0.2, -0.15) is 0 Å². The third kappa shape index (κ3) is 3.83. The maximum Gasteiger partial charge on any atom is 0.149 e. The van der Waals surface area contributed by atoms with E-state index < -0.39 is 9.84 Å². The molecule has 0 heterocycles. The molecule has 0 aliphatic rings. The van der Waals surface area contributed by atoms with Crippen molar-refractivity contribution in [2.24, 2.45) is 0 Å². The molecule has 0 radical (unpaired) electrons. The third-order valence-electron chi connectivity index (χ3n) is 2.31. The van der Waals surface area contributed by atoms with Gasteiger partial charge >= 0.3 is 0 Å². The van der Waals surface area contributed by atoms with E-state index in [-0.39, 0.29) is 11.8 Å². The molecule has 0 amide bonds. The van der Waals surface area contributed by atoms with Crippen molar-refractivity contribution >= 4 is 9.84 Å². The van der Waals surface area contributed by atoms with Gasteiger partial charge in [0.15, 0.2) is 0 Å². The fourth-order valence-corrected chi connectivity index (χ4v) is 2.47. The predicted molar refractivity (Wildman–Crippen MR) is 64.5 cm³/mol. The van der Waals surface area contributed by atoms with E-state index in [0.29, 0.717) is 0 Å². The summed E-state index contributed by atoms with van der Waals surface area (Å²) in [6.45, 7) is 0. The molecule has 1 rings (SSSR count). The minimum atomic E-state index is -3.01. The van der Waals surface area contributed by atoms with Crippen LogP contribution in [0.15, 0.2) is 24.3 Å². The zero-order valence-electron chi connectivity index (χ0n) is 9.73. The van der Waals surface area contributed by atoms with Gasteiger partial charge in [0, 0.05) is 12.3 Å². The van der Waals surface area contributed by atoms with Crippen LogP contribution in [0.4, 0.5) is 0 Å². The normalized spacial score (nSPS) is 13.4. The molecule has 0 aliphatic heterocycles. The molecule has 0 aromatic heterocycles. The molecule has 4 nitrogen and oxygen atoms in total. The Morgan fingerprint density at radius 3 is 2.62 bits per heavy atom. The summed E-state index contributed by atoms with van der Waals surface area (Å²) in [5.74, 6) is 0.808. The van der Waals surface area contributed by atoms with Crippen LogP contribution in [0.3, 0.4) is 0 Å². The van der Waals surface area contributed by atoms with Crippen LogP contribution < -0.4 is 10.1 Å². The Labute approximate surface area is 96.5 Å². The molecular weight excluding hydrogens is 226 g/mol. The van der Waals surface area contributed by atoms with Gasteiger partial charge in [0.2, 0.25) is 0 Å². The number of sulfone groups is 1. The second-order valence-electron chi connectivity index (χ2n) is 3.71. The van der Waals surface area contributed by atoms with E-state index in [1.54, 1.807) is 14.2 Å². The smallest absolute Gasteiger partial charge is 0.149 e. The molecule has 0 fully saturated rings. The minimum Gasteiger partial charge on any atom is -0.497 e. The number of hydrogen-bond acceptors (Lipinski definition) is 4. The van der Waals surface area contributed by atoms with Crippen molar-refractivity contribution in [3.63, 3.8) is 0 Å². The Morgan fingerprint density at radius 2 is 2.12 bits per heavy atom. The summed E-state index contributed by atoms with van der Waals surface area (Å²) in [5.41, 5.74) is 0.910. The molecule has 0 saturated heterocycles. The zero-order chi connectivity index (χ0) is 12.2. The van der Waals surface area contributed by atoms with E-state index in [9.17, 15) is 8.42 Å². The maximum atomic E-state index is 11.3. The summed E-state index contributed by atoms with van der Waals surface area (Å²) in [6.07, 6.45) is 1.23. The first-order chi connectivity index (χ1) is 7.46. The number of nitrogens with one attached hydrogen (secondary N) is 1. The minimum absolute atomic E-state index is 0.0800. The number of ether oxygens (including phenoxy) is 1. The van der Waals surface area contributed by atoms with Crippen molar-refractivity contribution in [3.05, 3.63) is 29.8 Å². The third-order valence-corrected chi connectivity index (χ3v) is 3.25. The molecule has 1 unspecified atom stereocenters. The van der Waals surface area contributed by atoms with Crippen molar-refractivity contribution in [2.75, 3.05) is 26.2 Å². The molecule has 0 spiro atoms. The predicted octanol–water partition coefficient (Wildman–Crippen LogP) is 1.00. The maximum absolute atomic E-state index is 11.3. The van der Waals surface area contributed by atoms with Gasteiger partial charge in [-0.05, 0) is 24.7 Å². The summed E-state index contributed by atoms with van der Waals surface area (Å²) in [4.78, 5) is 0. The lowest BCUT2D eigenvalue weighted by Crippen LogP contribution is -2.24. The second-order valence-corrected chi connectivity index (χ2v) is 5.90. The quantitative estimate of drug-likeness (QED) is 0.838. The van der Waals surface area contributed by atoms with E-state index in [1.165, 1.54) is 6.26 Å². The van der Waals surface area contributed by atoms with Crippen LogP contribution in [0.25, 0.3) is 0 Å². The van der Waals surface area contributed by atoms with Gasteiger partial charge in [0.1, 0.15) is 15.6 Å². The Balaban J connectivity index is 2.94. The van der Waals surface area contributed by atoms with Crippen LogP contribution in [-0.4, -0.2) is 34.6 Å². The standard InChI is InChI=1S/C11H17NO3S/c1-12-11(8-16(3,13)14)9-5-4-6-10(7-9)15-2/h4-7,11-12H,8H2,1-3H3. The van der Waals surface area contributed by atoms with E-state index in [2.05, 4.69) is 5.32 Å². The van der Waals surface area contributed by atoms with Crippen LogP contribution in [-0.2, 0) is 9.84 Å². The van der Waals surface area contributed by atoms with Crippen LogP contribution in [0.1, 0.15) is 11.6 Å². The number of methoxy groups -OCH3 is 1. The van der Waals surface area contributed by atoms with E-state index in [4.69, 9.17) is 4.74 Å². The molecule has 1 aromatic rings. The van der Waals surface area contributed by atoms with Gasteiger partial charge in [-0.25, -0.2) is 8.42 Å². The largest absolute Gasteiger partial charge is 0.497 e. The summed E-state index contributed by atoms with van der Waals surface area (Å²) in [5, 5.41) is 2.99. The van der Waals surface area contributed by atoms with Gasteiger partial charge in [-0.1, -0.05) is 12.1 Å². The summed E-state index contributed by atoms with van der Waals surface area (Å²) >= 11 is 0.